The van der Waals surface area contributed by atoms with Gasteiger partial charge < -0.3 is 15.1 Å². The highest BCUT2D eigenvalue weighted by Gasteiger charge is 2.35. The van der Waals surface area contributed by atoms with Crippen LogP contribution >= 0.6 is 11.6 Å². The van der Waals surface area contributed by atoms with Gasteiger partial charge in [-0.2, -0.15) is 0 Å². The van der Waals surface area contributed by atoms with E-state index in [1.807, 2.05) is 18.2 Å². The molecule has 2 aliphatic heterocycles. The minimum absolute atomic E-state index is 0.0186. The van der Waals surface area contributed by atoms with Gasteiger partial charge >= 0.3 is 0 Å². The Morgan fingerprint density at radius 1 is 0.947 bits per heavy atom. The van der Waals surface area contributed by atoms with E-state index < -0.39 is 15.7 Å². The van der Waals surface area contributed by atoms with Gasteiger partial charge in [-0.25, -0.2) is 8.42 Å². The number of carbonyl (C=O) groups is 2. The summed E-state index contributed by atoms with van der Waals surface area (Å²) in [6.45, 7) is 6.67. The maximum Gasteiger partial charge on any atom is 0.259 e. The Morgan fingerprint density at radius 2 is 1.71 bits per heavy atom. The standard InChI is InChI=1S/C28H29ClN4O4S/c1-2-33-24-18-20(10-11-26(24)38(36,37)25-9-4-3-8-23(25)28(33)35)27(34)30-12-13-31-14-16-32(17-15-31)22-7-5-6-21(29)19-22/h3-11,18-19H,2,12-17H2,1H3,(H,30,34). The summed E-state index contributed by atoms with van der Waals surface area (Å²) < 4.78 is 26.8. The van der Waals surface area contributed by atoms with Crippen molar-refractivity contribution in [3.63, 3.8) is 0 Å². The van der Waals surface area contributed by atoms with Gasteiger partial charge in [-0.3, -0.25) is 14.5 Å². The third kappa shape index (κ3) is 5.01. The van der Waals surface area contributed by atoms with Gasteiger partial charge in [0.15, 0.2) is 0 Å². The first-order valence-electron chi connectivity index (χ1n) is 12.6. The number of amides is 2. The highest BCUT2D eigenvalue weighted by atomic mass is 35.5. The Bertz CT molecular complexity index is 1490. The van der Waals surface area contributed by atoms with Crippen LogP contribution in [0.3, 0.4) is 0 Å². The zero-order valence-corrected chi connectivity index (χ0v) is 22.6. The van der Waals surface area contributed by atoms with Crippen molar-refractivity contribution in [3.8, 4) is 0 Å². The summed E-state index contributed by atoms with van der Waals surface area (Å²) in [5.41, 5.74) is 1.77. The zero-order valence-electron chi connectivity index (χ0n) is 21.1. The van der Waals surface area contributed by atoms with E-state index in [9.17, 15) is 18.0 Å². The molecule has 2 heterocycles. The van der Waals surface area contributed by atoms with Crippen molar-refractivity contribution in [2.24, 2.45) is 0 Å². The van der Waals surface area contributed by atoms with E-state index in [1.54, 1.807) is 19.1 Å². The van der Waals surface area contributed by atoms with Crippen LogP contribution in [0.5, 0.6) is 0 Å². The van der Waals surface area contributed by atoms with Crippen LogP contribution < -0.4 is 15.1 Å². The Labute approximate surface area is 227 Å². The maximum atomic E-state index is 13.4. The van der Waals surface area contributed by atoms with Crippen molar-refractivity contribution in [1.29, 1.82) is 0 Å². The number of carbonyl (C=O) groups excluding carboxylic acids is 2. The van der Waals surface area contributed by atoms with Crippen LogP contribution in [-0.2, 0) is 9.84 Å². The number of hydrogen-bond acceptors (Lipinski definition) is 6. The molecule has 2 aliphatic rings. The maximum absolute atomic E-state index is 13.4. The quantitative estimate of drug-likeness (QED) is 0.501. The molecule has 3 aromatic rings. The second-order valence-corrected chi connectivity index (χ2v) is 11.6. The number of benzene rings is 3. The van der Waals surface area contributed by atoms with Crippen LogP contribution in [0.15, 0.2) is 76.5 Å². The smallest absolute Gasteiger partial charge is 0.259 e. The SMILES string of the molecule is CCN1C(=O)c2ccccc2S(=O)(=O)c2ccc(C(=O)NCCN3CCN(c4cccc(Cl)c4)CC3)cc21. The fourth-order valence-electron chi connectivity index (χ4n) is 4.99. The van der Waals surface area contributed by atoms with Crippen molar-refractivity contribution in [1.82, 2.24) is 10.2 Å². The minimum Gasteiger partial charge on any atom is -0.369 e. The number of anilines is 2. The summed E-state index contributed by atoms with van der Waals surface area (Å²) in [6.07, 6.45) is 0. The summed E-state index contributed by atoms with van der Waals surface area (Å²) in [6, 6.07) is 18.5. The van der Waals surface area contributed by atoms with Crippen LogP contribution in [0, 0.1) is 0 Å². The van der Waals surface area contributed by atoms with Crippen LogP contribution in [0.1, 0.15) is 27.6 Å². The third-order valence-corrected chi connectivity index (χ3v) is 9.12. The molecule has 0 spiro atoms. The molecule has 0 aliphatic carbocycles. The monoisotopic (exact) mass is 552 g/mol. The number of piperazine rings is 1. The van der Waals surface area contributed by atoms with Crippen molar-refractivity contribution in [2.75, 3.05) is 55.6 Å². The molecule has 10 heteroatoms. The van der Waals surface area contributed by atoms with Gasteiger partial charge in [-0.1, -0.05) is 29.8 Å². The summed E-state index contributed by atoms with van der Waals surface area (Å²) in [7, 11) is -3.93. The Morgan fingerprint density at radius 3 is 2.45 bits per heavy atom. The minimum atomic E-state index is -3.93. The van der Waals surface area contributed by atoms with Crippen molar-refractivity contribution < 1.29 is 18.0 Å². The topological polar surface area (TPSA) is 90.0 Å². The van der Waals surface area contributed by atoms with Gasteiger partial charge in [0, 0.05) is 62.1 Å². The zero-order chi connectivity index (χ0) is 26.9. The van der Waals surface area contributed by atoms with E-state index >= 15 is 0 Å². The second-order valence-electron chi connectivity index (χ2n) is 9.30. The molecule has 0 saturated carbocycles. The van der Waals surface area contributed by atoms with Crippen molar-refractivity contribution in [3.05, 3.63) is 82.9 Å². The lowest BCUT2D eigenvalue weighted by atomic mass is 10.1. The van der Waals surface area contributed by atoms with E-state index in [2.05, 4.69) is 21.2 Å². The summed E-state index contributed by atoms with van der Waals surface area (Å²) in [5, 5.41) is 3.66. The van der Waals surface area contributed by atoms with Crippen LogP contribution in [-0.4, -0.2) is 70.9 Å². The van der Waals surface area contributed by atoms with Crippen molar-refractivity contribution in [2.45, 2.75) is 16.7 Å². The Kier molecular flexibility index (Phi) is 7.43. The molecule has 0 bridgehead atoms. The highest BCUT2D eigenvalue weighted by molar-refractivity contribution is 7.91. The average molecular weight is 553 g/mol. The van der Waals surface area contributed by atoms with E-state index in [1.165, 1.54) is 35.2 Å². The molecule has 0 unspecified atom stereocenters. The molecule has 198 valence electrons. The Hall–Kier alpha value is -3.40. The van der Waals surface area contributed by atoms with Crippen LogP contribution in [0.2, 0.25) is 5.02 Å². The first kappa shape index (κ1) is 26.2. The predicted molar refractivity (Wildman–Crippen MR) is 148 cm³/mol. The molecule has 0 aromatic heterocycles. The lowest BCUT2D eigenvalue weighted by Crippen LogP contribution is -2.48. The van der Waals surface area contributed by atoms with Crippen LogP contribution in [0.4, 0.5) is 11.4 Å². The highest BCUT2D eigenvalue weighted by Crippen LogP contribution is 2.37. The number of fused-ring (bicyclic) bond motifs is 2. The molecule has 2 amide bonds. The first-order valence-corrected chi connectivity index (χ1v) is 14.5. The fraction of sp³-hybridized carbons (Fsp3) is 0.286. The van der Waals surface area contributed by atoms with Gasteiger partial charge in [0.1, 0.15) is 0 Å². The number of rotatable bonds is 6. The second kappa shape index (κ2) is 10.8. The number of nitrogens with one attached hydrogen (secondary N) is 1. The number of nitrogens with zero attached hydrogens (tertiary/aromatic N) is 3. The summed E-state index contributed by atoms with van der Waals surface area (Å²) in [5.74, 6) is -0.715. The fourth-order valence-corrected chi connectivity index (χ4v) is 6.81. The molecule has 0 radical (unpaired) electrons. The number of halogens is 1. The molecule has 38 heavy (non-hydrogen) atoms. The molecule has 0 atom stereocenters. The average Bonchev–Trinajstić information content (AvgIpc) is 3.00. The largest absolute Gasteiger partial charge is 0.369 e. The molecule has 3 aromatic carbocycles. The normalized spacial score (nSPS) is 16.9. The lowest BCUT2D eigenvalue weighted by Gasteiger charge is -2.36. The molecule has 8 nitrogen and oxygen atoms in total. The van der Waals surface area contributed by atoms with Crippen LogP contribution in [0.25, 0.3) is 0 Å². The van der Waals surface area contributed by atoms with Crippen molar-refractivity contribution >= 4 is 44.6 Å². The summed E-state index contributed by atoms with van der Waals surface area (Å²) in [4.78, 5) is 32.2. The van der Waals surface area contributed by atoms with E-state index in [0.717, 1.165) is 36.9 Å². The van der Waals surface area contributed by atoms with E-state index in [4.69, 9.17) is 11.6 Å². The molecule has 1 fully saturated rings. The number of sulfone groups is 1. The predicted octanol–water partition coefficient (Wildman–Crippen LogP) is 3.70. The molecule has 1 saturated heterocycles. The first-order chi connectivity index (χ1) is 18.3. The molecule has 5 rings (SSSR count). The van der Waals surface area contributed by atoms with Gasteiger partial charge in [-0.05, 0) is 55.5 Å². The van der Waals surface area contributed by atoms with Gasteiger partial charge in [-0.15, -0.1) is 0 Å². The summed E-state index contributed by atoms with van der Waals surface area (Å²) >= 11 is 6.12. The number of hydrogen-bond donors (Lipinski definition) is 1. The lowest BCUT2D eigenvalue weighted by molar-refractivity contribution is 0.0944. The van der Waals surface area contributed by atoms with Gasteiger partial charge in [0.2, 0.25) is 9.84 Å². The van der Waals surface area contributed by atoms with Gasteiger partial charge in [0.05, 0.1) is 21.0 Å². The van der Waals surface area contributed by atoms with Gasteiger partial charge in [0.25, 0.3) is 11.8 Å². The van der Waals surface area contributed by atoms with E-state index in [0.29, 0.717) is 18.7 Å². The third-order valence-electron chi connectivity index (χ3n) is 7.03. The Balaban J connectivity index is 1.25. The van der Waals surface area contributed by atoms with E-state index in [-0.39, 0.29) is 33.5 Å². The molecular weight excluding hydrogens is 524 g/mol. The molecule has 1 N–H and O–H groups in total. The molecular formula is C28H29ClN4O4S.